The van der Waals surface area contributed by atoms with E-state index in [-0.39, 0.29) is 11.3 Å². The molecule has 1 aliphatic heterocycles. The summed E-state index contributed by atoms with van der Waals surface area (Å²) in [6, 6.07) is 2.33. The van der Waals surface area contributed by atoms with Gasteiger partial charge in [0.2, 0.25) is 5.88 Å². The van der Waals surface area contributed by atoms with Gasteiger partial charge in [0, 0.05) is 17.7 Å². The van der Waals surface area contributed by atoms with E-state index in [1.54, 1.807) is 0 Å². The standard InChI is InChI=1S/C15H17F3N2O.C2HF3O2/c16-15(17,18)10-1-2-12(20-5-10)21-9-13-6-14(7-13,8-13)11-3-19-4-11;3-2(4,5)1(6)7/h1-2,5,11,19H,3-4,6-9H2;(H,6,7). The molecule has 1 aromatic heterocycles. The predicted octanol–water partition coefficient (Wildman–Crippen LogP) is 3.50. The fourth-order valence-electron chi connectivity index (χ4n) is 4.25. The Morgan fingerprint density at radius 1 is 1.18 bits per heavy atom. The molecule has 0 unspecified atom stereocenters. The van der Waals surface area contributed by atoms with Gasteiger partial charge in [-0.25, -0.2) is 9.78 Å². The van der Waals surface area contributed by atoms with Crippen LogP contribution < -0.4 is 10.1 Å². The van der Waals surface area contributed by atoms with E-state index in [0.29, 0.717) is 12.0 Å². The van der Waals surface area contributed by atoms with E-state index < -0.39 is 23.9 Å². The maximum absolute atomic E-state index is 12.4. The number of carboxylic acids is 1. The summed E-state index contributed by atoms with van der Waals surface area (Å²) >= 11 is 0. The molecule has 0 atom stereocenters. The minimum atomic E-state index is -5.08. The van der Waals surface area contributed by atoms with Gasteiger partial charge in [-0.05, 0) is 49.8 Å². The van der Waals surface area contributed by atoms with E-state index in [1.807, 2.05) is 0 Å². The minimum Gasteiger partial charge on any atom is -0.477 e. The van der Waals surface area contributed by atoms with E-state index in [9.17, 15) is 26.3 Å². The topological polar surface area (TPSA) is 71.5 Å². The van der Waals surface area contributed by atoms with Crippen molar-refractivity contribution in [2.24, 2.45) is 16.7 Å². The number of alkyl halides is 6. The molecule has 1 aromatic rings. The second kappa shape index (κ2) is 6.78. The third kappa shape index (κ3) is 4.03. The number of aliphatic carboxylic acids is 1. The zero-order valence-corrected chi connectivity index (χ0v) is 14.5. The Morgan fingerprint density at radius 2 is 1.75 bits per heavy atom. The van der Waals surface area contributed by atoms with E-state index in [2.05, 4.69) is 10.3 Å². The Bertz CT molecular complexity index is 708. The highest BCUT2D eigenvalue weighted by atomic mass is 19.4. The fourth-order valence-corrected chi connectivity index (χ4v) is 4.25. The number of nitrogens with one attached hydrogen (secondary N) is 1. The maximum atomic E-state index is 12.4. The number of ether oxygens (including phenoxy) is 1. The van der Waals surface area contributed by atoms with Gasteiger partial charge in [-0.15, -0.1) is 0 Å². The molecule has 2 heterocycles. The van der Waals surface area contributed by atoms with Crippen LogP contribution >= 0.6 is 0 Å². The molecule has 28 heavy (non-hydrogen) atoms. The quantitative estimate of drug-likeness (QED) is 0.741. The van der Waals surface area contributed by atoms with Gasteiger partial charge in [-0.3, -0.25) is 0 Å². The zero-order valence-electron chi connectivity index (χ0n) is 14.5. The van der Waals surface area contributed by atoms with Crippen LogP contribution in [0.4, 0.5) is 26.3 Å². The van der Waals surface area contributed by atoms with Gasteiger partial charge in [-0.1, -0.05) is 0 Å². The number of carboxylic acid groups (broad SMARTS) is 1. The largest absolute Gasteiger partial charge is 0.490 e. The lowest BCUT2D eigenvalue weighted by Crippen LogP contribution is -2.71. The van der Waals surface area contributed by atoms with Crippen molar-refractivity contribution >= 4 is 5.97 Å². The molecule has 3 saturated carbocycles. The highest BCUT2D eigenvalue weighted by molar-refractivity contribution is 5.73. The number of pyridine rings is 1. The van der Waals surface area contributed by atoms with Crippen molar-refractivity contribution in [3.8, 4) is 5.88 Å². The number of aromatic nitrogens is 1. The van der Waals surface area contributed by atoms with Gasteiger partial charge in [0.05, 0.1) is 12.2 Å². The molecule has 1 saturated heterocycles. The summed E-state index contributed by atoms with van der Waals surface area (Å²) in [5.41, 5.74) is 0.0686. The van der Waals surface area contributed by atoms with Gasteiger partial charge in [-0.2, -0.15) is 26.3 Å². The van der Waals surface area contributed by atoms with Gasteiger partial charge in [0.1, 0.15) is 0 Å². The number of nitrogens with zero attached hydrogens (tertiary/aromatic N) is 1. The lowest BCUT2D eigenvalue weighted by molar-refractivity contribution is -0.255. The average molecular weight is 412 g/mol. The first-order chi connectivity index (χ1) is 12.9. The highest BCUT2D eigenvalue weighted by Gasteiger charge is 2.70. The third-order valence-corrected chi connectivity index (χ3v) is 5.66. The minimum absolute atomic E-state index is 0.264. The van der Waals surface area contributed by atoms with E-state index in [1.165, 1.54) is 25.3 Å². The zero-order chi connectivity index (χ0) is 20.8. The Labute approximate surface area is 156 Å². The number of rotatable bonds is 4. The van der Waals surface area contributed by atoms with Gasteiger partial charge in [0.15, 0.2) is 0 Å². The van der Waals surface area contributed by atoms with Crippen LogP contribution in [0.2, 0.25) is 0 Å². The molecule has 4 aliphatic rings. The SMILES string of the molecule is FC(F)(F)c1ccc(OCC23CC(C4CNC4)(C2)C3)nc1.O=C(O)C(F)(F)F. The molecule has 2 bridgehead atoms. The Morgan fingerprint density at radius 3 is 2.11 bits per heavy atom. The molecule has 11 heteroatoms. The normalized spacial score (nSPS) is 28.8. The molecule has 2 N–H and O–H groups in total. The fraction of sp³-hybridized carbons (Fsp3) is 0.647. The van der Waals surface area contributed by atoms with Crippen molar-refractivity contribution < 1.29 is 41.0 Å². The molecule has 0 aromatic carbocycles. The predicted molar refractivity (Wildman–Crippen MR) is 83.5 cm³/mol. The van der Waals surface area contributed by atoms with Crippen LogP contribution in [-0.4, -0.2) is 41.9 Å². The van der Waals surface area contributed by atoms with Crippen LogP contribution in [0.1, 0.15) is 24.8 Å². The summed E-state index contributed by atoms with van der Waals surface area (Å²) in [5.74, 6) is -1.65. The van der Waals surface area contributed by atoms with E-state index >= 15 is 0 Å². The number of carbonyl (C=O) groups is 1. The lowest BCUT2D eigenvalue weighted by atomic mass is 9.31. The molecule has 0 amide bonds. The van der Waals surface area contributed by atoms with Crippen molar-refractivity contribution in [2.75, 3.05) is 19.7 Å². The van der Waals surface area contributed by atoms with Crippen LogP contribution in [0.15, 0.2) is 18.3 Å². The second-order valence-corrected chi connectivity index (χ2v) is 7.72. The summed E-state index contributed by atoms with van der Waals surface area (Å²) in [5, 5.41) is 10.4. The number of hydrogen-bond acceptors (Lipinski definition) is 4. The molecule has 5 nitrogen and oxygen atoms in total. The summed E-state index contributed by atoms with van der Waals surface area (Å²) in [7, 11) is 0. The first kappa shape index (κ1) is 20.7. The third-order valence-electron chi connectivity index (χ3n) is 5.66. The van der Waals surface area contributed by atoms with Gasteiger partial charge in [0.25, 0.3) is 0 Å². The van der Waals surface area contributed by atoms with Crippen LogP contribution in [-0.2, 0) is 11.0 Å². The summed E-state index contributed by atoms with van der Waals surface area (Å²) in [6.45, 7) is 2.85. The van der Waals surface area contributed by atoms with Crippen LogP contribution in [0.5, 0.6) is 5.88 Å². The Balaban J connectivity index is 0.000000279. The molecule has 4 fully saturated rings. The van der Waals surface area contributed by atoms with E-state index in [0.717, 1.165) is 31.3 Å². The van der Waals surface area contributed by atoms with Crippen molar-refractivity contribution in [2.45, 2.75) is 31.6 Å². The lowest BCUT2D eigenvalue weighted by Gasteiger charge is -2.74. The average Bonchev–Trinajstić information content (AvgIpc) is 2.45. The highest BCUT2D eigenvalue weighted by Crippen LogP contribution is 2.76. The monoisotopic (exact) mass is 412 g/mol. The van der Waals surface area contributed by atoms with Crippen molar-refractivity contribution in [1.82, 2.24) is 10.3 Å². The molecular formula is C17H18F6N2O3. The smallest absolute Gasteiger partial charge is 0.477 e. The second-order valence-electron chi connectivity index (χ2n) is 7.72. The van der Waals surface area contributed by atoms with Crippen molar-refractivity contribution in [3.63, 3.8) is 0 Å². The molecule has 3 aliphatic carbocycles. The first-order valence-corrected chi connectivity index (χ1v) is 8.52. The summed E-state index contributed by atoms with van der Waals surface area (Å²) < 4.78 is 74.6. The van der Waals surface area contributed by atoms with Crippen LogP contribution in [0, 0.1) is 16.7 Å². The van der Waals surface area contributed by atoms with E-state index in [4.69, 9.17) is 14.6 Å². The van der Waals surface area contributed by atoms with Crippen molar-refractivity contribution in [1.29, 1.82) is 0 Å². The molecule has 5 rings (SSSR count). The Hall–Kier alpha value is -2.04. The van der Waals surface area contributed by atoms with Gasteiger partial charge < -0.3 is 15.2 Å². The molecule has 0 radical (unpaired) electrons. The van der Waals surface area contributed by atoms with Gasteiger partial charge >= 0.3 is 18.3 Å². The van der Waals surface area contributed by atoms with Crippen molar-refractivity contribution in [3.05, 3.63) is 23.9 Å². The van der Waals surface area contributed by atoms with Crippen LogP contribution in [0.3, 0.4) is 0 Å². The maximum Gasteiger partial charge on any atom is 0.490 e. The number of hydrogen-bond donors (Lipinski definition) is 2. The number of halogens is 6. The Kier molecular flexibility index (Phi) is 5.01. The summed E-state index contributed by atoms with van der Waals surface area (Å²) in [4.78, 5) is 12.6. The summed E-state index contributed by atoms with van der Waals surface area (Å²) in [6.07, 6.45) is -4.99. The molecule has 0 spiro atoms. The molecule has 156 valence electrons. The molecular weight excluding hydrogens is 394 g/mol. The first-order valence-electron chi connectivity index (χ1n) is 8.52. The van der Waals surface area contributed by atoms with Crippen LogP contribution in [0.25, 0.3) is 0 Å².